The Morgan fingerprint density at radius 3 is 2.77 bits per heavy atom. The summed E-state index contributed by atoms with van der Waals surface area (Å²) in [6, 6.07) is 12.1. The molecule has 0 saturated carbocycles. The monoisotopic (exact) mass is 441 g/mol. The van der Waals surface area contributed by atoms with Crippen molar-refractivity contribution in [1.29, 1.82) is 0 Å². The first-order valence-electron chi connectivity index (χ1n) is 8.80. The Labute approximate surface area is 180 Å². The fourth-order valence-corrected chi connectivity index (χ4v) is 4.03. The molecule has 0 unspecified atom stereocenters. The van der Waals surface area contributed by atoms with Crippen molar-refractivity contribution >= 4 is 39.5 Å². The molecule has 9 heteroatoms. The van der Waals surface area contributed by atoms with Gasteiger partial charge in [0.2, 0.25) is 0 Å². The second-order valence-electron chi connectivity index (χ2n) is 6.25. The lowest BCUT2D eigenvalue weighted by atomic mass is 10.1. The van der Waals surface area contributed by atoms with Crippen molar-refractivity contribution < 1.29 is 14.3 Å². The lowest BCUT2D eigenvalue weighted by Crippen LogP contribution is -2.26. The van der Waals surface area contributed by atoms with E-state index in [0.717, 1.165) is 5.56 Å². The molecule has 0 fully saturated rings. The molecule has 2 aromatic carbocycles. The second kappa shape index (κ2) is 8.17. The highest BCUT2D eigenvalue weighted by molar-refractivity contribution is 7.15. The van der Waals surface area contributed by atoms with E-state index in [1.165, 1.54) is 29.0 Å². The Balaban J connectivity index is 1.78. The molecule has 0 aliphatic heterocycles. The highest BCUT2D eigenvalue weighted by Gasteiger charge is 2.18. The first kappa shape index (κ1) is 19.9. The molecule has 2 heterocycles. The lowest BCUT2D eigenvalue weighted by molar-refractivity contribution is 0.102. The summed E-state index contributed by atoms with van der Waals surface area (Å²) >= 11 is 7.33. The highest BCUT2D eigenvalue weighted by Crippen LogP contribution is 2.29. The number of rotatable bonds is 5. The van der Waals surface area contributed by atoms with Gasteiger partial charge in [0.1, 0.15) is 17.1 Å². The van der Waals surface area contributed by atoms with Crippen LogP contribution >= 0.6 is 22.9 Å². The highest BCUT2D eigenvalue weighted by atomic mass is 35.5. The number of anilines is 1. The summed E-state index contributed by atoms with van der Waals surface area (Å²) in [6.45, 7) is 0. The van der Waals surface area contributed by atoms with Crippen molar-refractivity contribution in [2.24, 2.45) is 0 Å². The Bertz CT molecular complexity index is 1320. The summed E-state index contributed by atoms with van der Waals surface area (Å²) in [7, 11) is 3.05. The summed E-state index contributed by atoms with van der Waals surface area (Å²) in [5.74, 6) is 0.481. The first-order valence-corrected chi connectivity index (χ1v) is 10.1. The van der Waals surface area contributed by atoms with E-state index < -0.39 is 11.5 Å². The van der Waals surface area contributed by atoms with Crippen LogP contribution < -0.4 is 20.3 Å². The number of benzene rings is 2. The second-order valence-corrected chi connectivity index (χ2v) is 7.52. The van der Waals surface area contributed by atoms with Gasteiger partial charge in [-0.2, -0.15) is 0 Å². The molecular weight excluding hydrogens is 426 g/mol. The summed E-state index contributed by atoms with van der Waals surface area (Å²) in [5, 5.41) is 4.92. The molecule has 0 bridgehead atoms. The van der Waals surface area contributed by atoms with E-state index >= 15 is 0 Å². The number of hydrogen-bond donors (Lipinski definition) is 1. The van der Waals surface area contributed by atoms with Gasteiger partial charge in [-0.1, -0.05) is 23.7 Å². The number of nitrogens with zero attached hydrogens (tertiary/aromatic N) is 2. The molecule has 152 valence electrons. The number of ether oxygens (including phenoxy) is 2. The maximum absolute atomic E-state index is 13.2. The number of carbonyl (C=O) groups is 1. The smallest absolute Gasteiger partial charge is 0.271 e. The molecule has 30 heavy (non-hydrogen) atoms. The topological polar surface area (TPSA) is 81.9 Å². The predicted molar refractivity (Wildman–Crippen MR) is 117 cm³/mol. The summed E-state index contributed by atoms with van der Waals surface area (Å²) in [6.07, 6.45) is 1.27. The largest absolute Gasteiger partial charge is 0.497 e. The molecule has 0 aliphatic carbocycles. The van der Waals surface area contributed by atoms with Crippen LogP contribution in [0.5, 0.6) is 11.5 Å². The molecule has 0 atom stereocenters. The number of amides is 1. The van der Waals surface area contributed by atoms with E-state index in [-0.39, 0.29) is 5.56 Å². The molecule has 0 saturated heterocycles. The van der Waals surface area contributed by atoms with Crippen LogP contribution in [0.4, 0.5) is 5.69 Å². The van der Waals surface area contributed by atoms with Crippen LogP contribution in [0.1, 0.15) is 10.4 Å². The minimum absolute atomic E-state index is 0.0999. The van der Waals surface area contributed by atoms with Crippen LogP contribution in [0, 0.1) is 0 Å². The number of hydrogen-bond acceptors (Lipinski definition) is 6. The first-order chi connectivity index (χ1) is 14.5. The minimum Gasteiger partial charge on any atom is -0.497 e. The number of thiazole rings is 1. The van der Waals surface area contributed by atoms with Crippen LogP contribution in [0.25, 0.3) is 16.2 Å². The van der Waals surface area contributed by atoms with E-state index in [4.69, 9.17) is 21.1 Å². The van der Waals surface area contributed by atoms with Gasteiger partial charge in [-0.3, -0.25) is 14.0 Å². The molecule has 0 radical (unpaired) electrons. The number of nitrogens with one attached hydrogen (secondary N) is 1. The molecule has 1 amide bonds. The quantitative estimate of drug-likeness (QED) is 0.498. The van der Waals surface area contributed by atoms with Gasteiger partial charge in [0, 0.05) is 22.2 Å². The zero-order valence-corrected chi connectivity index (χ0v) is 17.6. The summed E-state index contributed by atoms with van der Waals surface area (Å²) in [5.41, 5.74) is 1.19. The van der Waals surface area contributed by atoms with Crippen molar-refractivity contribution in [1.82, 2.24) is 9.38 Å². The number of halogens is 1. The van der Waals surface area contributed by atoms with Gasteiger partial charge in [-0.15, -0.1) is 11.3 Å². The molecule has 2 aromatic heterocycles. The van der Waals surface area contributed by atoms with Gasteiger partial charge in [0.15, 0.2) is 4.96 Å². The van der Waals surface area contributed by atoms with Crippen molar-refractivity contribution in [3.8, 4) is 22.8 Å². The van der Waals surface area contributed by atoms with Gasteiger partial charge < -0.3 is 14.8 Å². The Morgan fingerprint density at radius 2 is 2.00 bits per heavy atom. The van der Waals surface area contributed by atoms with Gasteiger partial charge in [0.05, 0.1) is 25.6 Å². The zero-order chi connectivity index (χ0) is 21.3. The van der Waals surface area contributed by atoms with Gasteiger partial charge in [-0.05, 0) is 30.3 Å². The van der Waals surface area contributed by atoms with Crippen LogP contribution in [-0.4, -0.2) is 29.5 Å². The van der Waals surface area contributed by atoms with E-state index in [1.807, 2.05) is 29.6 Å². The predicted octanol–water partition coefficient (Wildman–Crippen LogP) is 4.35. The fourth-order valence-electron chi connectivity index (χ4n) is 3.00. The lowest BCUT2D eigenvalue weighted by Gasteiger charge is -2.10. The normalized spacial score (nSPS) is 10.8. The third-order valence-corrected chi connectivity index (χ3v) is 5.54. The molecule has 7 nitrogen and oxygen atoms in total. The van der Waals surface area contributed by atoms with Crippen molar-refractivity contribution in [2.75, 3.05) is 19.5 Å². The Morgan fingerprint density at radius 1 is 1.17 bits per heavy atom. The molecule has 1 N–H and O–H groups in total. The molecule has 4 rings (SSSR count). The van der Waals surface area contributed by atoms with Crippen LogP contribution in [0.3, 0.4) is 0 Å². The summed E-state index contributed by atoms with van der Waals surface area (Å²) in [4.78, 5) is 30.8. The molecule has 0 aliphatic rings. The van der Waals surface area contributed by atoms with Gasteiger partial charge in [0.25, 0.3) is 11.5 Å². The number of carbonyl (C=O) groups excluding carboxylic acids is 1. The maximum Gasteiger partial charge on any atom is 0.271 e. The van der Waals surface area contributed by atoms with E-state index in [9.17, 15) is 9.59 Å². The zero-order valence-electron chi connectivity index (χ0n) is 16.0. The number of methoxy groups -OCH3 is 2. The van der Waals surface area contributed by atoms with Crippen molar-refractivity contribution in [2.45, 2.75) is 0 Å². The van der Waals surface area contributed by atoms with Crippen LogP contribution in [-0.2, 0) is 0 Å². The standard InChI is InChI=1S/C21H16ClN3O4S/c1-28-14-5-3-4-12(8-14)17-11-30-21-23-10-15(20(27)25(17)21)19(26)24-16-9-13(22)6-7-18(16)29-2/h3-11H,1-2H3,(H,24,26). The summed E-state index contributed by atoms with van der Waals surface area (Å²) < 4.78 is 11.9. The molecular formula is C21H16ClN3O4S. The van der Waals surface area contributed by atoms with Crippen molar-refractivity contribution in [3.05, 3.63) is 75.0 Å². The third-order valence-electron chi connectivity index (χ3n) is 4.47. The third kappa shape index (κ3) is 3.62. The molecule has 0 spiro atoms. The molecule has 4 aromatic rings. The Kier molecular flexibility index (Phi) is 5.43. The van der Waals surface area contributed by atoms with E-state index in [0.29, 0.717) is 32.9 Å². The van der Waals surface area contributed by atoms with E-state index in [2.05, 4.69) is 10.3 Å². The maximum atomic E-state index is 13.2. The average Bonchev–Trinajstić information content (AvgIpc) is 3.19. The number of aromatic nitrogens is 2. The number of fused-ring (bicyclic) bond motifs is 1. The average molecular weight is 442 g/mol. The Hall–Kier alpha value is -3.36. The van der Waals surface area contributed by atoms with Gasteiger partial charge >= 0.3 is 0 Å². The fraction of sp³-hybridized carbons (Fsp3) is 0.0952. The van der Waals surface area contributed by atoms with Crippen LogP contribution in [0.15, 0.2) is 58.8 Å². The minimum atomic E-state index is -0.606. The van der Waals surface area contributed by atoms with Crippen LogP contribution in [0.2, 0.25) is 5.02 Å². The van der Waals surface area contributed by atoms with Crippen molar-refractivity contribution in [3.63, 3.8) is 0 Å². The SMILES string of the molecule is COc1cccc(-c2csc3ncc(C(=O)Nc4cc(Cl)ccc4OC)c(=O)n23)c1. The van der Waals surface area contributed by atoms with E-state index in [1.54, 1.807) is 25.3 Å². The van der Waals surface area contributed by atoms with Gasteiger partial charge in [-0.25, -0.2) is 4.98 Å².